The molecule has 0 N–H and O–H groups in total. The van der Waals surface area contributed by atoms with Gasteiger partial charge in [0.2, 0.25) is 0 Å². The van der Waals surface area contributed by atoms with Crippen LogP contribution < -0.4 is 0 Å². The standard InChI is InChI=1S/C23H30.C22H34.C22H28/c1-3-5-19-8-12-21(13-9-19)23-16-14-22(15-17-23)20-10-6-18(4-2)7-11-20;2*1-3-4-18-7-11-20(12-8-18)22-15-13-21(14-16-22)19-9-5-17(2)6-10-19/h6-7,10-11,14-17,19,21H,3-5,8-9,12-13H2,1-2H3;5-6,9-10,18,20-22H,3-4,7-8,11-16H2,1-2H3;5-6,9-10,13-16,18,20H,3-4,7-8,11-12H2,1-2H3. The molecule has 0 atom stereocenters. The van der Waals surface area contributed by atoms with E-state index in [1.165, 1.54) is 180 Å². The molecular formula is C67H92. The van der Waals surface area contributed by atoms with Crippen LogP contribution >= 0.6 is 0 Å². The van der Waals surface area contributed by atoms with E-state index in [-0.39, 0.29) is 0 Å². The Hall–Kier alpha value is -3.90. The number of benzene rings is 5. The lowest BCUT2D eigenvalue weighted by Crippen LogP contribution is -2.25. The molecule has 5 aromatic rings. The predicted molar refractivity (Wildman–Crippen MR) is 293 cm³/mol. The second-order valence-electron chi connectivity index (χ2n) is 22.3. The number of rotatable bonds is 13. The summed E-state index contributed by atoms with van der Waals surface area (Å²) in [5.41, 5.74) is 14.2. The minimum Gasteiger partial charge on any atom is -0.0654 e. The van der Waals surface area contributed by atoms with Gasteiger partial charge < -0.3 is 0 Å². The molecular weight excluding hydrogens is 805 g/mol. The SMILES string of the molecule is CCCC1CCC(C2CCC(c3ccc(C)cc3)CC2)CC1.CCCC1CCC(c2ccc(-c3ccc(C)cc3)cc2)CC1.CCCC1CCC(c2ccc(-c3ccc(CC)cc3)cc2)CC1. The maximum absolute atomic E-state index is 2.37. The van der Waals surface area contributed by atoms with E-state index in [4.69, 9.17) is 0 Å². The summed E-state index contributed by atoms with van der Waals surface area (Å²) in [6.07, 6.45) is 32.7. The van der Waals surface area contributed by atoms with Crippen LogP contribution in [0.3, 0.4) is 0 Å². The lowest BCUT2D eigenvalue weighted by molar-refractivity contribution is 0.156. The van der Waals surface area contributed by atoms with Gasteiger partial charge >= 0.3 is 0 Å². The molecule has 4 aliphatic rings. The first-order chi connectivity index (χ1) is 32.8. The van der Waals surface area contributed by atoms with Crippen molar-refractivity contribution in [1.29, 1.82) is 0 Å². The molecule has 0 bridgehead atoms. The van der Waals surface area contributed by atoms with E-state index in [0.29, 0.717) is 0 Å². The van der Waals surface area contributed by atoms with Gasteiger partial charge in [-0.05, 0) is 202 Å². The first-order valence-corrected chi connectivity index (χ1v) is 28.2. The third kappa shape index (κ3) is 15.3. The molecule has 4 saturated carbocycles. The summed E-state index contributed by atoms with van der Waals surface area (Å²) in [5.74, 6) is 7.58. The summed E-state index contributed by atoms with van der Waals surface area (Å²) in [4.78, 5) is 0. The van der Waals surface area contributed by atoms with Crippen LogP contribution in [0.4, 0.5) is 0 Å². The van der Waals surface area contributed by atoms with Crippen molar-refractivity contribution in [2.24, 2.45) is 29.6 Å². The van der Waals surface area contributed by atoms with Crippen LogP contribution in [0.25, 0.3) is 22.3 Å². The predicted octanol–water partition coefficient (Wildman–Crippen LogP) is 20.6. The summed E-state index contributed by atoms with van der Waals surface area (Å²) < 4.78 is 0. The van der Waals surface area contributed by atoms with Gasteiger partial charge in [-0.15, -0.1) is 0 Å². The molecule has 0 aliphatic heterocycles. The van der Waals surface area contributed by atoms with Crippen molar-refractivity contribution in [3.63, 3.8) is 0 Å². The lowest BCUT2D eigenvalue weighted by atomic mass is 9.68. The summed E-state index contributed by atoms with van der Waals surface area (Å²) in [7, 11) is 0. The van der Waals surface area contributed by atoms with Crippen LogP contribution in [0.1, 0.15) is 220 Å². The minimum absolute atomic E-state index is 0.791. The Morgan fingerprint density at radius 3 is 0.881 bits per heavy atom. The van der Waals surface area contributed by atoms with Crippen molar-refractivity contribution in [2.75, 3.05) is 0 Å². The van der Waals surface area contributed by atoms with Gasteiger partial charge in [0.05, 0.1) is 0 Å². The molecule has 0 spiro atoms. The third-order valence-electron chi connectivity index (χ3n) is 17.5. The Bertz CT molecular complexity index is 2070. The molecule has 0 radical (unpaired) electrons. The molecule has 4 aliphatic carbocycles. The van der Waals surface area contributed by atoms with Gasteiger partial charge in [-0.25, -0.2) is 0 Å². The molecule has 360 valence electrons. The Labute approximate surface area is 411 Å². The fraction of sp³-hybridized carbons (Fsp3) is 0.552. The normalized spacial score (nSPS) is 25.2. The Kier molecular flexibility index (Phi) is 20.3. The average molecular weight is 897 g/mol. The van der Waals surface area contributed by atoms with Crippen molar-refractivity contribution in [3.8, 4) is 22.3 Å². The van der Waals surface area contributed by atoms with Gasteiger partial charge in [0.1, 0.15) is 0 Å². The topological polar surface area (TPSA) is 0 Å². The fourth-order valence-corrected chi connectivity index (χ4v) is 13.1. The molecule has 0 aromatic heterocycles. The summed E-state index contributed by atoms with van der Waals surface area (Å²) in [6, 6.07) is 45.8. The van der Waals surface area contributed by atoms with E-state index in [1.807, 2.05) is 0 Å². The smallest absolute Gasteiger partial charge is 0.0162 e. The maximum atomic E-state index is 2.37. The van der Waals surface area contributed by atoms with Crippen LogP contribution in [0.5, 0.6) is 0 Å². The lowest BCUT2D eigenvalue weighted by Gasteiger charge is -2.38. The summed E-state index contributed by atoms with van der Waals surface area (Å²) >= 11 is 0. The van der Waals surface area contributed by atoms with Gasteiger partial charge in [-0.2, -0.15) is 0 Å². The fourth-order valence-electron chi connectivity index (χ4n) is 13.1. The number of aryl methyl sites for hydroxylation is 3. The van der Waals surface area contributed by atoms with E-state index in [1.54, 1.807) is 16.7 Å². The Morgan fingerprint density at radius 1 is 0.299 bits per heavy atom. The van der Waals surface area contributed by atoms with Crippen LogP contribution in [-0.2, 0) is 6.42 Å². The number of hydrogen-bond acceptors (Lipinski definition) is 0. The second kappa shape index (κ2) is 26.7. The van der Waals surface area contributed by atoms with Crippen LogP contribution in [0.2, 0.25) is 0 Å². The zero-order valence-corrected chi connectivity index (χ0v) is 43.4. The molecule has 0 amide bonds. The van der Waals surface area contributed by atoms with Crippen LogP contribution in [0.15, 0.2) is 121 Å². The van der Waals surface area contributed by atoms with Crippen molar-refractivity contribution in [1.82, 2.24) is 0 Å². The molecule has 0 saturated heterocycles. The van der Waals surface area contributed by atoms with E-state index in [9.17, 15) is 0 Å². The van der Waals surface area contributed by atoms with Crippen molar-refractivity contribution in [2.45, 2.75) is 207 Å². The van der Waals surface area contributed by atoms with Crippen molar-refractivity contribution >= 4 is 0 Å². The Morgan fingerprint density at radius 2 is 0.552 bits per heavy atom. The van der Waals surface area contributed by atoms with Crippen molar-refractivity contribution < 1.29 is 0 Å². The van der Waals surface area contributed by atoms with Gasteiger partial charge in [-0.1, -0.05) is 212 Å². The molecule has 5 aromatic carbocycles. The molecule has 0 nitrogen and oxygen atoms in total. The van der Waals surface area contributed by atoms with Crippen LogP contribution in [-0.4, -0.2) is 0 Å². The molecule has 0 heterocycles. The highest BCUT2D eigenvalue weighted by molar-refractivity contribution is 5.65. The van der Waals surface area contributed by atoms with E-state index < -0.39 is 0 Å². The van der Waals surface area contributed by atoms with Crippen LogP contribution in [0, 0.1) is 43.4 Å². The quantitative estimate of drug-likeness (QED) is 0.110. The monoisotopic (exact) mass is 897 g/mol. The second-order valence-corrected chi connectivity index (χ2v) is 22.3. The first-order valence-electron chi connectivity index (χ1n) is 28.2. The Balaban J connectivity index is 0.000000149. The van der Waals surface area contributed by atoms with E-state index in [2.05, 4.69) is 163 Å². The third-order valence-corrected chi connectivity index (χ3v) is 17.5. The zero-order chi connectivity index (χ0) is 46.8. The number of hydrogen-bond donors (Lipinski definition) is 0. The maximum Gasteiger partial charge on any atom is -0.0162 e. The summed E-state index contributed by atoms with van der Waals surface area (Å²) in [6.45, 7) is 13.5. The average Bonchev–Trinajstić information content (AvgIpc) is 3.38. The summed E-state index contributed by atoms with van der Waals surface area (Å²) in [5, 5.41) is 0. The van der Waals surface area contributed by atoms with Gasteiger partial charge in [-0.3, -0.25) is 0 Å². The highest BCUT2D eigenvalue weighted by Gasteiger charge is 2.31. The molecule has 0 heteroatoms. The molecule has 67 heavy (non-hydrogen) atoms. The highest BCUT2D eigenvalue weighted by atomic mass is 14.4. The van der Waals surface area contributed by atoms with E-state index in [0.717, 1.165) is 53.8 Å². The molecule has 4 fully saturated rings. The first kappa shape index (κ1) is 51.0. The van der Waals surface area contributed by atoms with Gasteiger partial charge in [0.25, 0.3) is 0 Å². The van der Waals surface area contributed by atoms with Gasteiger partial charge in [0.15, 0.2) is 0 Å². The van der Waals surface area contributed by atoms with E-state index >= 15 is 0 Å². The largest absolute Gasteiger partial charge is 0.0654 e. The van der Waals surface area contributed by atoms with Gasteiger partial charge in [0, 0.05) is 0 Å². The minimum atomic E-state index is 0.791. The molecule has 0 unspecified atom stereocenters. The van der Waals surface area contributed by atoms with Crippen molar-refractivity contribution in [3.05, 3.63) is 155 Å². The molecule has 9 rings (SSSR count). The zero-order valence-electron chi connectivity index (χ0n) is 43.4. The highest BCUT2D eigenvalue weighted by Crippen LogP contribution is 2.45.